The standard InChI is InChI=1S/C15H31N3O3S/c1-13(9-12-22(3,19)20)18-15(16-2)17-10-6-11-21-14-7-4-5-8-14/h13-14H,4-12H2,1-3H3,(H2,16,17,18). The van der Waals surface area contributed by atoms with Gasteiger partial charge in [-0.15, -0.1) is 0 Å². The van der Waals surface area contributed by atoms with E-state index in [-0.39, 0.29) is 11.8 Å². The average Bonchev–Trinajstić information content (AvgIpc) is 2.96. The topological polar surface area (TPSA) is 79.8 Å². The van der Waals surface area contributed by atoms with Crippen LogP contribution in [0.15, 0.2) is 4.99 Å². The number of hydrogen-bond acceptors (Lipinski definition) is 4. The van der Waals surface area contributed by atoms with Crippen molar-refractivity contribution in [2.75, 3.05) is 32.2 Å². The Balaban J connectivity index is 2.10. The Morgan fingerprint density at radius 2 is 2.05 bits per heavy atom. The van der Waals surface area contributed by atoms with E-state index in [9.17, 15) is 8.42 Å². The molecule has 1 rings (SSSR count). The van der Waals surface area contributed by atoms with Crippen molar-refractivity contribution in [1.29, 1.82) is 0 Å². The Morgan fingerprint density at radius 3 is 2.64 bits per heavy atom. The molecular weight excluding hydrogens is 302 g/mol. The van der Waals surface area contributed by atoms with Gasteiger partial charge in [-0.1, -0.05) is 12.8 Å². The van der Waals surface area contributed by atoms with E-state index in [0.29, 0.717) is 18.5 Å². The lowest BCUT2D eigenvalue weighted by atomic mass is 10.3. The van der Waals surface area contributed by atoms with Gasteiger partial charge in [0.1, 0.15) is 9.84 Å². The molecule has 2 N–H and O–H groups in total. The molecule has 0 aromatic heterocycles. The summed E-state index contributed by atoms with van der Waals surface area (Å²) in [5.41, 5.74) is 0. The van der Waals surface area contributed by atoms with Crippen LogP contribution in [0.25, 0.3) is 0 Å². The number of hydrogen-bond donors (Lipinski definition) is 2. The average molecular weight is 333 g/mol. The van der Waals surface area contributed by atoms with Crippen LogP contribution in [0.1, 0.15) is 45.4 Å². The summed E-state index contributed by atoms with van der Waals surface area (Å²) in [4.78, 5) is 4.15. The highest BCUT2D eigenvalue weighted by Crippen LogP contribution is 2.20. The fourth-order valence-corrected chi connectivity index (χ4v) is 3.26. The maximum Gasteiger partial charge on any atom is 0.191 e. The highest BCUT2D eigenvalue weighted by atomic mass is 32.2. The molecule has 0 spiro atoms. The van der Waals surface area contributed by atoms with E-state index < -0.39 is 9.84 Å². The molecule has 1 atom stereocenters. The minimum absolute atomic E-state index is 0.0654. The molecule has 6 nitrogen and oxygen atoms in total. The molecule has 0 aliphatic heterocycles. The summed E-state index contributed by atoms with van der Waals surface area (Å²) < 4.78 is 28.1. The van der Waals surface area contributed by atoms with Crippen LogP contribution in [-0.4, -0.2) is 58.7 Å². The van der Waals surface area contributed by atoms with Crippen LogP contribution in [0.3, 0.4) is 0 Å². The third-order valence-electron chi connectivity index (χ3n) is 3.80. The van der Waals surface area contributed by atoms with Crippen molar-refractivity contribution in [3.8, 4) is 0 Å². The van der Waals surface area contributed by atoms with Gasteiger partial charge in [-0.3, -0.25) is 4.99 Å². The second kappa shape index (κ2) is 10.0. The van der Waals surface area contributed by atoms with E-state index in [1.165, 1.54) is 31.9 Å². The van der Waals surface area contributed by atoms with E-state index >= 15 is 0 Å². The van der Waals surface area contributed by atoms with E-state index in [1.54, 1.807) is 7.05 Å². The Labute approximate surface area is 135 Å². The van der Waals surface area contributed by atoms with E-state index in [4.69, 9.17) is 4.74 Å². The number of aliphatic imine (C=N–C) groups is 1. The first-order valence-corrected chi connectivity index (χ1v) is 10.2. The van der Waals surface area contributed by atoms with Gasteiger partial charge in [0.25, 0.3) is 0 Å². The van der Waals surface area contributed by atoms with E-state index in [0.717, 1.165) is 19.6 Å². The van der Waals surface area contributed by atoms with Gasteiger partial charge >= 0.3 is 0 Å². The van der Waals surface area contributed by atoms with Gasteiger partial charge in [0, 0.05) is 32.5 Å². The fraction of sp³-hybridized carbons (Fsp3) is 0.933. The SMILES string of the molecule is CN=C(NCCCOC1CCCC1)NC(C)CCS(C)(=O)=O. The van der Waals surface area contributed by atoms with Gasteiger partial charge in [-0.25, -0.2) is 8.42 Å². The largest absolute Gasteiger partial charge is 0.378 e. The molecule has 1 unspecified atom stereocenters. The summed E-state index contributed by atoms with van der Waals surface area (Å²) in [6.45, 7) is 3.53. The predicted molar refractivity (Wildman–Crippen MR) is 91.1 cm³/mol. The summed E-state index contributed by atoms with van der Waals surface area (Å²) in [6, 6.07) is 0.0654. The van der Waals surface area contributed by atoms with Crippen molar-refractivity contribution in [3.05, 3.63) is 0 Å². The van der Waals surface area contributed by atoms with Crippen molar-refractivity contribution in [3.63, 3.8) is 0 Å². The molecule has 130 valence electrons. The van der Waals surface area contributed by atoms with Gasteiger partial charge in [-0.2, -0.15) is 0 Å². The third kappa shape index (κ3) is 9.25. The number of ether oxygens (including phenoxy) is 1. The quantitative estimate of drug-likeness (QED) is 0.378. The van der Waals surface area contributed by atoms with Crippen LogP contribution >= 0.6 is 0 Å². The Hall–Kier alpha value is -0.820. The van der Waals surface area contributed by atoms with Crippen molar-refractivity contribution in [2.24, 2.45) is 4.99 Å². The number of nitrogens with zero attached hydrogens (tertiary/aromatic N) is 1. The Kier molecular flexibility index (Phi) is 8.78. The summed E-state index contributed by atoms with van der Waals surface area (Å²) in [5, 5.41) is 6.44. The number of rotatable bonds is 9. The summed E-state index contributed by atoms with van der Waals surface area (Å²) in [6.07, 6.45) is 8.24. The van der Waals surface area contributed by atoms with Crippen LogP contribution < -0.4 is 10.6 Å². The molecule has 1 aliphatic carbocycles. The molecule has 0 bridgehead atoms. The molecular formula is C15H31N3O3S. The zero-order valence-electron chi connectivity index (χ0n) is 14.1. The van der Waals surface area contributed by atoms with Crippen molar-refractivity contribution in [2.45, 2.75) is 57.6 Å². The normalized spacial score (nSPS) is 18.4. The molecule has 7 heteroatoms. The van der Waals surface area contributed by atoms with E-state index in [2.05, 4.69) is 15.6 Å². The minimum Gasteiger partial charge on any atom is -0.378 e. The highest BCUT2D eigenvalue weighted by molar-refractivity contribution is 7.90. The lowest BCUT2D eigenvalue weighted by Crippen LogP contribution is -2.43. The van der Waals surface area contributed by atoms with Crippen LogP contribution in [0.5, 0.6) is 0 Å². The Bertz CT molecular complexity index is 431. The first-order valence-electron chi connectivity index (χ1n) is 8.17. The summed E-state index contributed by atoms with van der Waals surface area (Å²) in [5.74, 6) is 0.898. The minimum atomic E-state index is -2.91. The first-order chi connectivity index (χ1) is 10.4. The van der Waals surface area contributed by atoms with E-state index in [1.807, 2.05) is 6.92 Å². The van der Waals surface area contributed by atoms with Gasteiger partial charge < -0.3 is 15.4 Å². The molecule has 1 fully saturated rings. The molecule has 1 saturated carbocycles. The van der Waals surface area contributed by atoms with Crippen LogP contribution in [-0.2, 0) is 14.6 Å². The summed E-state index contributed by atoms with van der Waals surface area (Å²) in [7, 11) is -1.20. The maximum atomic E-state index is 11.2. The second-order valence-electron chi connectivity index (χ2n) is 6.09. The Morgan fingerprint density at radius 1 is 1.36 bits per heavy atom. The number of guanidine groups is 1. The molecule has 1 aliphatic rings. The molecule has 22 heavy (non-hydrogen) atoms. The smallest absolute Gasteiger partial charge is 0.191 e. The van der Waals surface area contributed by atoms with Crippen LogP contribution in [0, 0.1) is 0 Å². The lowest BCUT2D eigenvalue weighted by molar-refractivity contribution is 0.0574. The second-order valence-corrected chi connectivity index (χ2v) is 8.35. The van der Waals surface area contributed by atoms with Crippen molar-refractivity contribution >= 4 is 15.8 Å². The van der Waals surface area contributed by atoms with Crippen LogP contribution in [0.2, 0.25) is 0 Å². The van der Waals surface area contributed by atoms with Gasteiger partial charge in [-0.05, 0) is 32.6 Å². The van der Waals surface area contributed by atoms with Gasteiger partial charge in [0.05, 0.1) is 11.9 Å². The molecule has 0 amide bonds. The third-order valence-corrected chi connectivity index (χ3v) is 4.77. The fourth-order valence-electron chi connectivity index (χ4n) is 2.48. The summed E-state index contributed by atoms with van der Waals surface area (Å²) >= 11 is 0. The number of sulfone groups is 1. The molecule has 0 saturated heterocycles. The maximum absolute atomic E-state index is 11.2. The predicted octanol–water partition coefficient (Wildman–Crippen LogP) is 1.32. The van der Waals surface area contributed by atoms with Gasteiger partial charge in [0.15, 0.2) is 5.96 Å². The van der Waals surface area contributed by atoms with Gasteiger partial charge in [0.2, 0.25) is 0 Å². The van der Waals surface area contributed by atoms with Crippen molar-refractivity contribution < 1.29 is 13.2 Å². The molecule has 0 aromatic carbocycles. The zero-order chi connectivity index (χ0) is 16.4. The van der Waals surface area contributed by atoms with Crippen LogP contribution in [0.4, 0.5) is 0 Å². The monoisotopic (exact) mass is 333 g/mol. The molecule has 0 heterocycles. The molecule has 0 aromatic rings. The highest BCUT2D eigenvalue weighted by Gasteiger charge is 2.14. The zero-order valence-corrected chi connectivity index (χ0v) is 14.9. The number of nitrogens with one attached hydrogen (secondary N) is 2. The van der Waals surface area contributed by atoms with Crippen molar-refractivity contribution in [1.82, 2.24) is 10.6 Å². The first kappa shape index (κ1) is 19.2. The molecule has 0 radical (unpaired) electrons. The lowest BCUT2D eigenvalue weighted by Gasteiger charge is -2.18.